The summed E-state index contributed by atoms with van der Waals surface area (Å²) in [4.78, 5) is 26.6. The van der Waals surface area contributed by atoms with Crippen LogP contribution in [0.25, 0.3) is 0 Å². The first-order valence-corrected chi connectivity index (χ1v) is 9.45. The molecule has 1 fully saturated rings. The Morgan fingerprint density at radius 1 is 1.37 bits per heavy atom. The third kappa shape index (κ3) is 5.12. The van der Waals surface area contributed by atoms with Gasteiger partial charge in [0.1, 0.15) is 0 Å². The first kappa shape index (κ1) is 19.0. The average Bonchev–Trinajstić information content (AvgIpc) is 3.31. The zero-order valence-corrected chi connectivity index (χ0v) is 15.8. The second-order valence-corrected chi connectivity index (χ2v) is 7.39. The molecule has 1 aromatic heterocycles. The molecule has 1 aromatic carbocycles. The van der Waals surface area contributed by atoms with Crippen LogP contribution in [0.2, 0.25) is 0 Å². The van der Waals surface area contributed by atoms with Gasteiger partial charge in [-0.2, -0.15) is 0 Å². The fourth-order valence-electron chi connectivity index (χ4n) is 3.50. The maximum Gasteiger partial charge on any atom is 0.246 e. The van der Waals surface area contributed by atoms with Gasteiger partial charge >= 0.3 is 0 Å². The molecule has 0 spiro atoms. The zero-order valence-electron chi connectivity index (χ0n) is 15.8. The molecule has 144 valence electrons. The van der Waals surface area contributed by atoms with Crippen LogP contribution in [0.15, 0.2) is 24.3 Å². The number of rotatable bonds is 7. The number of benzene rings is 1. The first-order valence-electron chi connectivity index (χ1n) is 9.45. The van der Waals surface area contributed by atoms with Gasteiger partial charge in [-0.1, -0.05) is 43.2 Å². The zero-order chi connectivity index (χ0) is 19.2. The summed E-state index contributed by atoms with van der Waals surface area (Å²) in [5.74, 6) is 0.702. The highest BCUT2D eigenvalue weighted by Gasteiger charge is 2.30. The average molecular weight is 370 g/mol. The van der Waals surface area contributed by atoms with Crippen LogP contribution in [-0.4, -0.2) is 43.9 Å². The van der Waals surface area contributed by atoms with E-state index in [1.165, 1.54) is 0 Å². The van der Waals surface area contributed by atoms with E-state index in [1.54, 1.807) is 0 Å². The molecule has 8 nitrogen and oxygen atoms in total. The highest BCUT2D eigenvalue weighted by molar-refractivity contribution is 5.88. The van der Waals surface area contributed by atoms with E-state index >= 15 is 0 Å². The number of nitrogens with zero attached hydrogens (tertiary/aromatic N) is 4. The summed E-state index contributed by atoms with van der Waals surface area (Å²) in [5, 5.41) is 15.6. The van der Waals surface area contributed by atoms with Crippen molar-refractivity contribution < 1.29 is 9.59 Å². The molecule has 0 radical (unpaired) electrons. The van der Waals surface area contributed by atoms with E-state index in [0.717, 1.165) is 30.5 Å². The lowest BCUT2D eigenvalue weighted by molar-refractivity contribution is -0.132. The second kappa shape index (κ2) is 8.75. The lowest BCUT2D eigenvalue weighted by Crippen LogP contribution is -2.31. The number of H-pyrrole nitrogens is 1. The maximum atomic E-state index is 12.5. The van der Waals surface area contributed by atoms with Crippen molar-refractivity contribution in [2.45, 2.75) is 52.0 Å². The number of aromatic amines is 1. The molecule has 8 heteroatoms. The molecule has 0 aliphatic carbocycles. The Morgan fingerprint density at radius 2 is 2.22 bits per heavy atom. The summed E-state index contributed by atoms with van der Waals surface area (Å²) >= 11 is 0. The topological polar surface area (TPSA) is 104 Å². The molecular formula is C19H26N6O2. The number of anilines is 1. The Kier molecular flexibility index (Phi) is 6.16. The number of nitrogens with one attached hydrogen (secondary N) is 2. The minimum Gasteiger partial charge on any atom is -0.336 e. The second-order valence-electron chi connectivity index (χ2n) is 7.39. The number of carbonyl (C=O) groups is 2. The quantitative estimate of drug-likeness (QED) is 0.779. The van der Waals surface area contributed by atoms with Gasteiger partial charge in [0.2, 0.25) is 17.8 Å². The number of tetrazole rings is 1. The van der Waals surface area contributed by atoms with Crippen molar-refractivity contribution in [3.63, 3.8) is 0 Å². The third-order valence-electron chi connectivity index (χ3n) is 4.74. The van der Waals surface area contributed by atoms with Crippen LogP contribution in [0.1, 0.15) is 56.7 Å². The fourth-order valence-corrected chi connectivity index (χ4v) is 3.50. The van der Waals surface area contributed by atoms with Crippen LogP contribution in [0.5, 0.6) is 0 Å². The van der Waals surface area contributed by atoms with Gasteiger partial charge in [-0.25, -0.2) is 5.10 Å². The smallest absolute Gasteiger partial charge is 0.246 e. The lowest BCUT2D eigenvalue weighted by atomic mass is 9.99. The number of likely N-dealkylation sites (tertiary alicyclic amines) is 1. The van der Waals surface area contributed by atoms with Crippen molar-refractivity contribution in [2.75, 3.05) is 11.9 Å². The van der Waals surface area contributed by atoms with E-state index in [2.05, 4.69) is 51.9 Å². The molecule has 0 saturated carbocycles. The SMILES string of the molecule is CC(C)CC(=O)N1CCCC1c1cccc(CCC(=O)Nc2nnn[nH]2)c1. The Bertz CT molecular complexity index is 774. The van der Waals surface area contributed by atoms with Gasteiger partial charge in [0.25, 0.3) is 0 Å². The number of amides is 2. The van der Waals surface area contributed by atoms with E-state index in [4.69, 9.17) is 0 Å². The summed E-state index contributed by atoms with van der Waals surface area (Å²) in [6, 6.07) is 8.36. The van der Waals surface area contributed by atoms with Crippen LogP contribution in [-0.2, 0) is 16.0 Å². The summed E-state index contributed by atoms with van der Waals surface area (Å²) in [7, 11) is 0. The van der Waals surface area contributed by atoms with E-state index in [0.29, 0.717) is 25.2 Å². The van der Waals surface area contributed by atoms with Gasteiger partial charge in [-0.3, -0.25) is 14.9 Å². The van der Waals surface area contributed by atoms with Crippen molar-refractivity contribution in [1.29, 1.82) is 0 Å². The first-order chi connectivity index (χ1) is 13.0. The van der Waals surface area contributed by atoms with Crippen LogP contribution in [0.3, 0.4) is 0 Å². The Balaban J connectivity index is 1.61. The van der Waals surface area contributed by atoms with Crippen molar-refractivity contribution in [3.05, 3.63) is 35.4 Å². The van der Waals surface area contributed by atoms with Crippen LogP contribution >= 0.6 is 0 Å². The fraction of sp³-hybridized carbons (Fsp3) is 0.526. The number of carbonyl (C=O) groups excluding carboxylic acids is 2. The highest BCUT2D eigenvalue weighted by atomic mass is 16.2. The van der Waals surface area contributed by atoms with Crippen LogP contribution in [0.4, 0.5) is 5.95 Å². The predicted octanol–water partition coefficient (Wildman–Crippen LogP) is 2.48. The van der Waals surface area contributed by atoms with Gasteiger partial charge in [-0.05, 0) is 46.7 Å². The maximum absolute atomic E-state index is 12.5. The van der Waals surface area contributed by atoms with E-state index in [-0.39, 0.29) is 23.8 Å². The van der Waals surface area contributed by atoms with Crippen molar-refractivity contribution in [3.8, 4) is 0 Å². The van der Waals surface area contributed by atoms with Crippen LogP contribution in [0, 0.1) is 5.92 Å². The van der Waals surface area contributed by atoms with Gasteiger partial charge in [0, 0.05) is 19.4 Å². The van der Waals surface area contributed by atoms with Crippen molar-refractivity contribution >= 4 is 17.8 Å². The minimum absolute atomic E-state index is 0.144. The molecule has 2 aromatic rings. The van der Waals surface area contributed by atoms with E-state index in [1.807, 2.05) is 17.0 Å². The summed E-state index contributed by atoms with van der Waals surface area (Å²) in [6.07, 6.45) is 3.57. The van der Waals surface area contributed by atoms with Gasteiger partial charge in [0.05, 0.1) is 6.04 Å². The van der Waals surface area contributed by atoms with Crippen LogP contribution < -0.4 is 5.32 Å². The number of aryl methyl sites for hydroxylation is 1. The summed E-state index contributed by atoms with van der Waals surface area (Å²) < 4.78 is 0. The molecule has 1 unspecified atom stereocenters. The van der Waals surface area contributed by atoms with Crippen molar-refractivity contribution in [1.82, 2.24) is 25.5 Å². The predicted molar refractivity (Wildman–Crippen MR) is 101 cm³/mol. The number of hydrogen-bond donors (Lipinski definition) is 2. The number of aromatic nitrogens is 4. The largest absolute Gasteiger partial charge is 0.336 e. The van der Waals surface area contributed by atoms with Gasteiger partial charge < -0.3 is 4.90 Å². The van der Waals surface area contributed by atoms with E-state index < -0.39 is 0 Å². The molecule has 2 N–H and O–H groups in total. The normalized spacial score (nSPS) is 16.7. The molecule has 0 bridgehead atoms. The molecule has 27 heavy (non-hydrogen) atoms. The monoisotopic (exact) mass is 370 g/mol. The van der Waals surface area contributed by atoms with Gasteiger partial charge in [-0.15, -0.1) is 0 Å². The van der Waals surface area contributed by atoms with Crippen molar-refractivity contribution in [2.24, 2.45) is 5.92 Å². The lowest BCUT2D eigenvalue weighted by Gasteiger charge is -2.26. The minimum atomic E-state index is -0.145. The molecule has 1 saturated heterocycles. The molecule has 1 aliphatic rings. The Labute approximate surface area is 158 Å². The Morgan fingerprint density at radius 3 is 2.96 bits per heavy atom. The molecule has 1 aliphatic heterocycles. The standard InChI is InChI=1S/C19H26N6O2/c1-13(2)11-18(27)25-10-4-7-16(25)15-6-3-5-14(12-15)8-9-17(26)20-19-21-23-24-22-19/h3,5-6,12-13,16H,4,7-11H2,1-2H3,(H2,20,21,22,23,24,26). The molecular weight excluding hydrogens is 344 g/mol. The summed E-state index contributed by atoms with van der Waals surface area (Å²) in [6.45, 7) is 4.97. The Hall–Kier alpha value is -2.77. The molecule has 2 amide bonds. The molecule has 2 heterocycles. The molecule has 3 rings (SSSR count). The third-order valence-corrected chi connectivity index (χ3v) is 4.74. The highest BCUT2D eigenvalue weighted by Crippen LogP contribution is 2.33. The summed E-state index contributed by atoms with van der Waals surface area (Å²) in [5.41, 5.74) is 2.24. The van der Waals surface area contributed by atoms with E-state index in [9.17, 15) is 9.59 Å². The molecule has 1 atom stereocenters. The van der Waals surface area contributed by atoms with Gasteiger partial charge in [0.15, 0.2) is 0 Å². The number of hydrogen-bond acceptors (Lipinski definition) is 5.